The van der Waals surface area contributed by atoms with Gasteiger partial charge in [0.1, 0.15) is 18.5 Å². The fourth-order valence-electron chi connectivity index (χ4n) is 3.66. The first kappa shape index (κ1) is 27.8. The van der Waals surface area contributed by atoms with Gasteiger partial charge in [0.25, 0.3) is 0 Å². The van der Waals surface area contributed by atoms with Gasteiger partial charge in [-0.25, -0.2) is 4.79 Å². The van der Waals surface area contributed by atoms with E-state index in [1.54, 1.807) is 6.92 Å². The molecular weight excluding hydrogens is 426 g/mol. The third-order valence-electron chi connectivity index (χ3n) is 5.75. The number of ether oxygens (including phenoxy) is 3. The normalized spacial score (nSPS) is 12.8. The Morgan fingerprint density at radius 1 is 0.882 bits per heavy atom. The number of aromatic nitrogens is 1. The summed E-state index contributed by atoms with van der Waals surface area (Å²) in [7, 11) is 0. The van der Waals surface area contributed by atoms with E-state index in [9.17, 15) is 4.79 Å². The molecule has 1 aromatic heterocycles. The number of hydrogen-bond acceptors (Lipinski definition) is 5. The van der Waals surface area contributed by atoms with Crippen LogP contribution in [0.5, 0.6) is 5.75 Å². The maximum atomic E-state index is 12.0. The van der Waals surface area contributed by atoms with E-state index in [2.05, 4.69) is 24.0 Å². The van der Waals surface area contributed by atoms with Crippen LogP contribution in [0.2, 0.25) is 0 Å². The third-order valence-corrected chi connectivity index (χ3v) is 5.75. The van der Waals surface area contributed by atoms with Gasteiger partial charge in [0, 0.05) is 18.4 Å². The fraction of sp³-hybridized carbons (Fsp3) is 0.586. The van der Waals surface area contributed by atoms with Crippen molar-refractivity contribution in [1.29, 1.82) is 0 Å². The van der Waals surface area contributed by atoms with Crippen LogP contribution < -0.4 is 4.74 Å². The summed E-state index contributed by atoms with van der Waals surface area (Å²) in [6, 6.07) is 12.1. The molecule has 2 atom stereocenters. The van der Waals surface area contributed by atoms with Crippen molar-refractivity contribution in [3.8, 4) is 17.0 Å². The topological polar surface area (TPSA) is 57.7 Å². The number of nitrogens with zero attached hydrogens (tertiary/aromatic N) is 1. The van der Waals surface area contributed by atoms with E-state index in [0.717, 1.165) is 29.8 Å². The first-order chi connectivity index (χ1) is 16.5. The molecule has 0 aliphatic rings. The molecule has 0 radical (unpaired) electrons. The molecule has 188 valence electrons. The molecule has 2 rings (SSSR count). The van der Waals surface area contributed by atoms with Gasteiger partial charge in [-0.2, -0.15) is 0 Å². The van der Waals surface area contributed by atoms with Gasteiger partial charge in [-0.3, -0.25) is 4.98 Å². The quantitative estimate of drug-likeness (QED) is 0.182. The monoisotopic (exact) mass is 469 g/mol. The number of carbonyl (C=O) groups is 1. The zero-order chi connectivity index (χ0) is 24.6. The van der Waals surface area contributed by atoms with Crippen molar-refractivity contribution in [2.24, 2.45) is 0 Å². The van der Waals surface area contributed by atoms with Crippen molar-refractivity contribution < 1.29 is 19.0 Å². The summed E-state index contributed by atoms with van der Waals surface area (Å²) >= 11 is 0. The second-order valence-electron chi connectivity index (χ2n) is 9.02. The van der Waals surface area contributed by atoms with Crippen molar-refractivity contribution in [2.45, 2.75) is 97.7 Å². The van der Waals surface area contributed by atoms with Crippen molar-refractivity contribution >= 4 is 5.97 Å². The molecule has 5 heteroatoms. The Morgan fingerprint density at radius 3 is 2.24 bits per heavy atom. The lowest BCUT2D eigenvalue weighted by atomic mass is 10.0. The summed E-state index contributed by atoms with van der Waals surface area (Å²) in [4.78, 5) is 16.7. The molecule has 0 bridgehead atoms. The lowest BCUT2D eigenvalue weighted by Crippen LogP contribution is -2.30. The van der Waals surface area contributed by atoms with Gasteiger partial charge in [-0.15, -0.1) is 0 Å². The second-order valence-corrected chi connectivity index (χ2v) is 9.02. The highest BCUT2D eigenvalue weighted by Crippen LogP contribution is 2.22. The van der Waals surface area contributed by atoms with Crippen LogP contribution in [0.3, 0.4) is 0 Å². The van der Waals surface area contributed by atoms with E-state index in [0.29, 0.717) is 6.61 Å². The largest absolute Gasteiger partial charge is 0.490 e. The first-order valence-corrected chi connectivity index (χ1v) is 13.0. The number of unbranched alkanes of at least 4 members (excludes halogenated alkanes) is 6. The Labute approximate surface area is 206 Å². The van der Waals surface area contributed by atoms with E-state index in [4.69, 9.17) is 14.2 Å². The number of rotatable bonds is 17. The molecule has 0 fully saturated rings. The van der Waals surface area contributed by atoms with Crippen molar-refractivity contribution in [3.63, 3.8) is 0 Å². The lowest BCUT2D eigenvalue weighted by Gasteiger charge is -2.17. The van der Waals surface area contributed by atoms with E-state index in [-0.39, 0.29) is 18.7 Å². The number of benzene rings is 1. The van der Waals surface area contributed by atoms with Crippen LogP contribution in [0.15, 0.2) is 42.6 Å². The summed E-state index contributed by atoms with van der Waals surface area (Å²) in [5.74, 6) is 0.374. The average molecular weight is 470 g/mol. The summed E-state index contributed by atoms with van der Waals surface area (Å²) < 4.78 is 16.6. The molecule has 0 aliphatic heterocycles. The van der Waals surface area contributed by atoms with Crippen LogP contribution in [0.1, 0.15) is 84.6 Å². The molecule has 0 saturated carbocycles. The number of esters is 1. The average Bonchev–Trinajstić information content (AvgIpc) is 2.86. The van der Waals surface area contributed by atoms with Crippen LogP contribution in [0.25, 0.3) is 11.3 Å². The smallest absolute Gasteiger partial charge is 0.335 e. The van der Waals surface area contributed by atoms with Gasteiger partial charge < -0.3 is 14.2 Å². The molecule has 0 aliphatic carbocycles. The van der Waals surface area contributed by atoms with E-state index >= 15 is 0 Å². The standard InChI is InChI=1S/C29H43NO4/c1-5-7-8-9-10-11-12-13-25-14-19-28(30-21-25)26-15-17-27(18-16-26)33-22-23(3)34-29(31)24(4)32-20-6-2/h14-19,21,23-24H,5-13,20,22H2,1-4H3. The number of aryl methyl sites for hydroxylation is 1. The van der Waals surface area contributed by atoms with Crippen LogP contribution in [0, 0.1) is 0 Å². The predicted molar refractivity (Wildman–Crippen MR) is 138 cm³/mol. The van der Waals surface area contributed by atoms with Crippen LogP contribution >= 0.6 is 0 Å². The van der Waals surface area contributed by atoms with Crippen molar-refractivity contribution in [3.05, 3.63) is 48.2 Å². The Kier molecular flexibility index (Phi) is 13.3. The van der Waals surface area contributed by atoms with Gasteiger partial charge in [0.15, 0.2) is 6.10 Å². The summed E-state index contributed by atoms with van der Waals surface area (Å²) in [6.45, 7) is 8.62. The van der Waals surface area contributed by atoms with E-state index in [1.807, 2.05) is 44.3 Å². The molecular formula is C29H43NO4. The Morgan fingerprint density at radius 2 is 1.59 bits per heavy atom. The van der Waals surface area contributed by atoms with Gasteiger partial charge >= 0.3 is 5.97 Å². The zero-order valence-electron chi connectivity index (χ0n) is 21.6. The van der Waals surface area contributed by atoms with Crippen LogP contribution in [-0.2, 0) is 20.7 Å². The second kappa shape index (κ2) is 16.3. The number of carbonyl (C=O) groups excluding carboxylic acids is 1. The van der Waals surface area contributed by atoms with E-state index < -0.39 is 6.10 Å². The highest BCUT2D eigenvalue weighted by Gasteiger charge is 2.18. The summed E-state index contributed by atoms with van der Waals surface area (Å²) in [6.07, 6.45) is 12.3. The van der Waals surface area contributed by atoms with Crippen LogP contribution in [-0.4, -0.2) is 36.4 Å². The molecule has 0 N–H and O–H groups in total. The number of hydrogen-bond donors (Lipinski definition) is 0. The fourth-order valence-corrected chi connectivity index (χ4v) is 3.66. The summed E-state index contributed by atoms with van der Waals surface area (Å²) in [5, 5.41) is 0. The number of pyridine rings is 1. The first-order valence-electron chi connectivity index (χ1n) is 13.0. The lowest BCUT2D eigenvalue weighted by molar-refractivity contribution is -0.162. The zero-order valence-corrected chi connectivity index (χ0v) is 21.6. The highest BCUT2D eigenvalue weighted by molar-refractivity contribution is 5.74. The van der Waals surface area contributed by atoms with Gasteiger partial charge in [-0.1, -0.05) is 58.4 Å². The molecule has 2 aromatic rings. The molecule has 1 heterocycles. The summed E-state index contributed by atoms with van der Waals surface area (Å²) in [5.41, 5.74) is 3.31. The molecule has 5 nitrogen and oxygen atoms in total. The Hall–Kier alpha value is -2.40. The molecule has 0 spiro atoms. The Balaban J connectivity index is 1.72. The highest BCUT2D eigenvalue weighted by atomic mass is 16.6. The van der Waals surface area contributed by atoms with Gasteiger partial charge in [0.2, 0.25) is 0 Å². The predicted octanol–water partition coefficient (Wildman–Crippen LogP) is 7.17. The van der Waals surface area contributed by atoms with Gasteiger partial charge in [-0.05, 0) is 69.0 Å². The molecule has 0 saturated heterocycles. The Bertz CT molecular complexity index is 804. The van der Waals surface area contributed by atoms with Crippen molar-refractivity contribution in [1.82, 2.24) is 4.98 Å². The SMILES string of the molecule is CCCCCCCCCc1ccc(-c2ccc(OCC(C)OC(=O)C(C)OCCC)cc2)nc1. The molecule has 34 heavy (non-hydrogen) atoms. The molecule has 2 unspecified atom stereocenters. The minimum absolute atomic E-state index is 0.289. The van der Waals surface area contributed by atoms with Crippen molar-refractivity contribution in [2.75, 3.05) is 13.2 Å². The maximum absolute atomic E-state index is 12.0. The minimum atomic E-state index is -0.559. The van der Waals surface area contributed by atoms with Crippen LogP contribution in [0.4, 0.5) is 0 Å². The maximum Gasteiger partial charge on any atom is 0.335 e. The van der Waals surface area contributed by atoms with E-state index in [1.165, 1.54) is 50.5 Å². The molecule has 0 amide bonds. The van der Waals surface area contributed by atoms with Gasteiger partial charge in [0.05, 0.1) is 5.69 Å². The third kappa shape index (κ3) is 10.7. The molecule has 1 aromatic carbocycles. The minimum Gasteiger partial charge on any atom is -0.490 e.